The lowest BCUT2D eigenvalue weighted by atomic mass is 9.77. The molecule has 0 aliphatic carbocycles. The highest BCUT2D eigenvalue weighted by Gasteiger charge is 2.72. The number of likely N-dealkylation sites (tertiary alicyclic amines) is 1. The maximum atomic E-state index is 14.5. The first-order valence-corrected chi connectivity index (χ1v) is 14.7. The predicted octanol–water partition coefficient (Wildman–Crippen LogP) is 3.51. The van der Waals surface area contributed by atoms with Gasteiger partial charge < -0.3 is 29.3 Å². The standard InChI is InChI=1S/C32H34ClN3O6/c1-4-41-22-13-11-21(12-14-22)34-16-6-10-24-25(29(34)38)26-30(39)36(20(3)18-37)28-31(40)35(17-7-15-32(26,28)42-24)27-19(2)8-5-9-23(27)33/h5-15,20,24-26,28,37H,4,16-18H2,1-3H3/t20-,24-,25+,26+,28?,32+/m1/s1. The summed E-state index contributed by atoms with van der Waals surface area (Å²) in [6, 6.07) is 10.9. The second-order valence-corrected chi connectivity index (χ2v) is 11.6. The largest absolute Gasteiger partial charge is 0.494 e. The van der Waals surface area contributed by atoms with Gasteiger partial charge in [-0.15, -0.1) is 0 Å². The zero-order valence-corrected chi connectivity index (χ0v) is 24.5. The number of carbonyl (C=O) groups excluding carboxylic acids is 3. The van der Waals surface area contributed by atoms with Gasteiger partial charge in [-0.3, -0.25) is 14.4 Å². The Morgan fingerprint density at radius 1 is 1.05 bits per heavy atom. The minimum atomic E-state index is -1.40. The van der Waals surface area contributed by atoms with Gasteiger partial charge in [-0.1, -0.05) is 48.0 Å². The first-order valence-electron chi connectivity index (χ1n) is 14.3. The first kappa shape index (κ1) is 28.5. The number of anilines is 2. The number of amides is 3. The van der Waals surface area contributed by atoms with Crippen molar-refractivity contribution >= 4 is 40.7 Å². The van der Waals surface area contributed by atoms with Crippen LogP contribution in [0.3, 0.4) is 0 Å². The number of aryl methyl sites for hydroxylation is 1. The lowest BCUT2D eigenvalue weighted by Gasteiger charge is -2.37. The molecule has 0 saturated carbocycles. The van der Waals surface area contributed by atoms with Gasteiger partial charge in [0.2, 0.25) is 11.8 Å². The third kappa shape index (κ3) is 4.25. The minimum Gasteiger partial charge on any atom is -0.494 e. The van der Waals surface area contributed by atoms with Crippen LogP contribution >= 0.6 is 11.6 Å². The molecule has 1 spiro atoms. The van der Waals surface area contributed by atoms with Crippen molar-refractivity contribution in [2.45, 2.75) is 44.6 Å². The van der Waals surface area contributed by atoms with E-state index in [1.165, 1.54) is 4.90 Å². The highest BCUT2D eigenvalue weighted by Crippen LogP contribution is 2.54. The summed E-state index contributed by atoms with van der Waals surface area (Å²) in [4.78, 5) is 47.8. The van der Waals surface area contributed by atoms with Crippen LogP contribution in [0.2, 0.25) is 5.02 Å². The summed E-state index contributed by atoms with van der Waals surface area (Å²) in [6.07, 6.45) is 6.59. The van der Waals surface area contributed by atoms with E-state index in [0.29, 0.717) is 35.3 Å². The van der Waals surface area contributed by atoms with Crippen LogP contribution in [0.15, 0.2) is 66.8 Å². The molecular weight excluding hydrogens is 558 g/mol. The molecule has 6 atom stereocenters. The number of aliphatic hydroxyl groups excluding tert-OH is 1. The number of aliphatic hydroxyl groups is 1. The summed E-state index contributed by atoms with van der Waals surface area (Å²) in [7, 11) is 0. The Morgan fingerprint density at radius 3 is 2.48 bits per heavy atom. The zero-order chi connectivity index (χ0) is 29.8. The minimum absolute atomic E-state index is 0.213. The number of fused-ring (bicyclic) bond motifs is 2. The van der Waals surface area contributed by atoms with Gasteiger partial charge in [0.15, 0.2) is 0 Å². The Labute approximate surface area is 249 Å². The molecule has 4 heterocycles. The van der Waals surface area contributed by atoms with Crippen molar-refractivity contribution in [3.05, 3.63) is 77.4 Å². The predicted molar refractivity (Wildman–Crippen MR) is 159 cm³/mol. The average Bonchev–Trinajstić information content (AvgIpc) is 3.30. The zero-order valence-electron chi connectivity index (χ0n) is 23.8. The van der Waals surface area contributed by atoms with Crippen LogP contribution in [0.1, 0.15) is 19.4 Å². The molecular formula is C32H34ClN3O6. The Kier molecular flexibility index (Phi) is 7.37. The van der Waals surface area contributed by atoms with Crippen molar-refractivity contribution in [3.8, 4) is 5.75 Å². The molecule has 3 amide bonds. The third-order valence-corrected chi connectivity index (χ3v) is 9.06. The fraction of sp³-hybridized carbons (Fsp3) is 0.406. The number of para-hydroxylation sites is 1. The van der Waals surface area contributed by atoms with Crippen LogP contribution < -0.4 is 14.5 Å². The van der Waals surface area contributed by atoms with Crippen LogP contribution in [-0.2, 0) is 19.1 Å². The number of nitrogens with zero attached hydrogens (tertiary/aromatic N) is 3. The number of rotatable bonds is 6. The van der Waals surface area contributed by atoms with Crippen LogP contribution in [0.4, 0.5) is 11.4 Å². The molecule has 1 N–H and O–H groups in total. The van der Waals surface area contributed by atoms with Crippen LogP contribution in [0.25, 0.3) is 0 Å². The Hall–Kier alpha value is -3.66. The summed E-state index contributed by atoms with van der Waals surface area (Å²) >= 11 is 6.59. The van der Waals surface area contributed by atoms with E-state index in [9.17, 15) is 19.5 Å². The molecule has 10 heteroatoms. The molecule has 9 nitrogen and oxygen atoms in total. The molecule has 4 aliphatic rings. The molecule has 2 saturated heterocycles. The van der Waals surface area contributed by atoms with E-state index < -0.39 is 35.6 Å². The van der Waals surface area contributed by atoms with Gasteiger partial charge in [-0.25, -0.2) is 0 Å². The number of hydrogen-bond donors (Lipinski definition) is 1. The van der Waals surface area contributed by atoms with E-state index >= 15 is 0 Å². The molecule has 2 aromatic rings. The molecule has 0 radical (unpaired) electrons. The SMILES string of the molecule is CCOc1ccc(N2CC=C[C@H]3O[C@]45C=CCN(c6c(C)cccc6Cl)C(=O)C4N([C@H](C)CO)C(=O)[C@@H]5[C@H]3C2=O)cc1. The van der Waals surface area contributed by atoms with Crippen molar-refractivity contribution < 1.29 is 29.0 Å². The van der Waals surface area contributed by atoms with E-state index in [4.69, 9.17) is 21.1 Å². The van der Waals surface area contributed by atoms with Gasteiger partial charge in [0.05, 0.1) is 47.9 Å². The molecule has 4 aliphatic heterocycles. The number of halogens is 1. The summed E-state index contributed by atoms with van der Waals surface area (Å²) in [5.41, 5.74) is 0.636. The van der Waals surface area contributed by atoms with Crippen LogP contribution in [0.5, 0.6) is 5.75 Å². The van der Waals surface area contributed by atoms with Crippen molar-refractivity contribution in [2.75, 3.05) is 36.1 Å². The van der Waals surface area contributed by atoms with E-state index in [1.807, 2.05) is 68.5 Å². The summed E-state index contributed by atoms with van der Waals surface area (Å²) < 4.78 is 12.3. The van der Waals surface area contributed by atoms with Crippen molar-refractivity contribution in [3.63, 3.8) is 0 Å². The van der Waals surface area contributed by atoms with Crippen LogP contribution in [-0.4, -0.2) is 77.8 Å². The Bertz CT molecular complexity index is 1450. The first-order chi connectivity index (χ1) is 20.2. The van der Waals surface area contributed by atoms with Gasteiger partial charge in [0, 0.05) is 18.8 Å². The second kappa shape index (κ2) is 10.9. The van der Waals surface area contributed by atoms with E-state index in [2.05, 4.69) is 0 Å². The van der Waals surface area contributed by atoms with Crippen molar-refractivity contribution in [2.24, 2.45) is 11.8 Å². The summed E-state index contributed by atoms with van der Waals surface area (Å²) in [5.74, 6) is -2.15. The molecule has 2 aromatic carbocycles. The van der Waals surface area contributed by atoms with E-state index in [-0.39, 0.29) is 30.9 Å². The monoisotopic (exact) mass is 591 g/mol. The van der Waals surface area contributed by atoms with E-state index in [1.54, 1.807) is 28.9 Å². The van der Waals surface area contributed by atoms with Gasteiger partial charge in [0.25, 0.3) is 5.91 Å². The Morgan fingerprint density at radius 2 is 1.79 bits per heavy atom. The number of carbonyl (C=O) groups is 3. The molecule has 0 aromatic heterocycles. The van der Waals surface area contributed by atoms with Crippen molar-refractivity contribution in [1.82, 2.24) is 4.90 Å². The number of hydrogen-bond acceptors (Lipinski definition) is 6. The molecule has 42 heavy (non-hydrogen) atoms. The van der Waals surface area contributed by atoms with Gasteiger partial charge in [0.1, 0.15) is 17.4 Å². The quantitative estimate of drug-likeness (QED) is 0.516. The smallest absolute Gasteiger partial charge is 0.253 e. The fourth-order valence-electron chi connectivity index (χ4n) is 6.93. The fourth-order valence-corrected chi connectivity index (χ4v) is 7.25. The lowest BCUT2D eigenvalue weighted by Crippen LogP contribution is -2.57. The summed E-state index contributed by atoms with van der Waals surface area (Å²) in [6.45, 7) is 6.17. The highest BCUT2D eigenvalue weighted by atomic mass is 35.5. The number of benzene rings is 2. The Balaban J connectivity index is 1.43. The maximum absolute atomic E-state index is 14.5. The molecule has 0 bridgehead atoms. The average molecular weight is 592 g/mol. The van der Waals surface area contributed by atoms with Gasteiger partial charge in [-0.05, 0) is 56.7 Å². The molecule has 220 valence electrons. The maximum Gasteiger partial charge on any atom is 0.253 e. The number of ether oxygens (including phenoxy) is 2. The third-order valence-electron chi connectivity index (χ3n) is 8.75. The molecule has 6 rings (SSSR count). The second-order valence-electron chi connectivity index (χ2n) is 11.2. The van der Waals surface area contributed by atoms with Gasteiger partial charge >= 0.3 is 0 Å². The van der Waals surface area contributed by atoms with E-state index in [0.717, 1.165) is 5.56 Å². The normalized spacial score (nSPS) is 29.3. The topological polar surface area (TPSA) is 99.6 Å². The van der Waals surface area contributed by atoms with Crippen molar-refractivity contribution in [1.29, 1.82) is 0 Å². The highest BCUT2D eigenvalue weighted by molar-refractivity contribution is 6.34. The van der Waals surface area contributed by atoms with Gasteiger partial charge in [-0.2, -0.15) is 0 Å². The molecule has 2 fully saturated rings. The lowest BCUT2D eigenvalue weighted by molar-refractivity contribution is -0.143. The summed E-state index contributed by atoms with van der Waals surface area (Å²) in [5, 5.41) is 10.6. The van der Waals surface area contributed by atoms with Crippen LogP contribution in [0, 0.1) is 18.8 Å². The molecule has 1 unspecified atom stereocenters.